The normalized spacial score (nSPS) is 10.9. The molecule has 1 aromatic heterocycles. The van der Waals surface area contributed by atoms with Crippen molar-refractivity contribution in [1.82, 2.24) is 15.3 Å². The number of anilines is 1. The zero-order chi connectivity index (χ0) is 12.8. The van der Waals surface area contributed by atoms with Crippen LogP contribution in [-0.4, -0.2) is 30.6 Å². The summed E-state index contributed by atoms with van der Waals surface area (Å²) in [5.41, 5.74) is 2.18. The molecular formula is C13H24N4. The van der Waals surface area contributed by atoms with E-state index in [1.54, 1.807) is 0 Å². The second-order valence-electron chi connectivity index (χ2n) is 4.79. The van der Waals surface area contributed by atoms with Gasteiger partial charge in [-0.1, -0.05) is 20.8 Å². The second-order valence-corrected chi connectivity index (χ2v) is 4.79. The van der Waals surface area contributed by atoms with Crippen LogP contribution in [0.5, 0.6) is 0 Å². The monoisotopic (exact) mass is 236 g/mol. The Balaban J connectivity index is 2.90. The van der Waals surface area contributed by atoms with Crippen molar-refractivity contribution in [3.05, 3.63) is 17.7 Å². The van der Waals surface area contributed by atoms with E-state index in [0.29, 0.717) is 5.92 Å². The van der Waals surface area contributed by atoms with Gasteiger partial charge in [0.25, 0.3) is 0 Å². The number of hydrogen-bond acceptors (Lipinski definition) is 4. The van der Waals surface area contributed by atoms with Crippen LogP contribution in [0.2, 0.25) is 0 Å². The Morgan fingerprint density at radius 1 is 1.35 bits per heavy atom. The first-order valence-electron chi connectivity index (χ1n) is 6.30. The number of hydrogen-bond donors (Lipinski definition) is 1. The van der Waals surface area contributed by atoms with Crippen molar-refractivity contribution >= 4 is 5.69 Å². The van der Waals surface area contributed by atoms with E-state index in [9.17, 15) is 0 Å². The Labute approximate surface area is 104 Å². The summed E-state index contributed by atoms with van der Waals surface area (Å²) in [6, 6.07) is 0. The van der Waals surface area contributed by atoms with Gasteiger partial charge in [0.05, 0.1) is 17.6 Å². The van der Waals surface area contributed by atoms with Gasteiger partial charge in [0.2, 0.25) is 0 Å². The molecule has 0 atom stereocenters. The van der Waals surface area contributed by atoms with E-state index in [1.807, 2.05) is 20.3 Å². The number of rotatable bonds is 6. The molecule has 4 nitrogen and oxygen atoms in total. The number of nitrogens with zero attached hydrogens (tertiary/aromatic N) is 3. The maximum atomic E-state index is 4.65. The molecule has 0 aliphatic carbocycles. The SMILES string of the molecule is CCCNCc1nc(C(C)C)ncc1N(C)C. The van der Waals surface area contributed by atoms with Crippen LogP contribution in [0.15, 0.2) is 6.20 Å². The minimum absolute atomic E-state index is 0.371. The van der Waals surface area contributed by atoms with Crippen molar-refractivity contribution in [2.45, 2.75) is 39.7 Å². The van der Waals surface area contributed by atoms with E-state index >= 15 is 0 Å². The van der Waals surface area contributed by atoms with Gasteiger partial charge in [-0.05, 0) is 13.0 Å². The molecule has 1 rings (SSSR count). The standard InChI is InChI=1S/C13H24N4/c1-6-7-14-8-11-12(17(4)5)9-15-13(16-11)10(2)3/h9-10,14H,6-8H2,1-5H3. The molecule has 0 fully saturated rings. The van der Waals surface area contributed by atoms with Crippen LogP contribution in [-0.2, 0) is 6.54 Å². The van der Waals surface area contributed by atoms with Crippen LogP contribution in [0.25, 0.3) is 0 Å². The van der Waals surface area contributed by atoms with Crippen LogP contribution in [0.4, 0.5) is 5.69 Å². The molecule has 4 heteroatoms. The van der Waals surface area contributed by atoms with Crippen molar-refractivity contribution in [2.75, 3.05) is 25.5 Å². The molecule has 1 heterocycles. The molecule has 0 spiro atoms. The lowest BCUT2D eigenvalue weighted by Crippen LogP contribution is -2.20. The van der Waals surface area contributed by atoms with Crippen LogP contribution in [0, 0.1) is 0 Å². The predicted molar refractivity (Wildman–Crippen MR) is 72.4 cm³/mol. The van der Waals surface area contributed by atoms with E-state index in [2.05, 4.69) is 41.0 Å². The van der Waals surface area contributed by atoms with Crippen molar-refractivity contribution in [3.8, 4) is 0 Å². The van der Waals surface area contributed by atoms with Gasteiger partial charge in [0, 0.05) is 26.6 Å². The lowest BCUT2D eigenvalue weighted by atomic mass is 10.2. The van der Waals surface area contributed by atoms with Gasteiger partial charge in [-0.25, -0.2) is 9.97 Å². The molecule has 0 unspecified atom stereocenters. The molecule has 1 N–H and O–H groups in total. The zero-order valence-electron chi connectivity index (χ0n) is 11.6. The highest BCUT2D eigenvalue weighted by atomic mass is 15.1. The van der Waals surface area contributed by atoms with Gasteiger partial charge in [-0.2, -0.15) is 0 Å². The average Bonchev–Trinajstić information content (AvgIpc) is 2.28. The van der Waals surface area contributed by atoms with E-state index in [-0.39, 0.29) is 0 Å². The first-order chi connectivity index (χ1) is 8.06. The Bertz CT molecular complexity index is 347. The lowest BCUT2D eigenvalue weighted by molar-refractivity contribution is 0.651. The van der Waals surface area contributed by atoms with Crippen molar-refractivity contribution in [2.24, 2.45) is 0 Å². The molecule has 0 radical (unpaired) electrons. The quantitative estimate of drug-likeness (QED) is 0.769. The Hall–Kier alpha value is -1.16. The maximum Gasteiger partial charge on any atom is 0.131 e. The summed E-state index contributed by atoms with van der Waals surface area (Å²) < 4.78 is 0. The highest BCUT2D eigenvalue weighted by molar-refractivity contribution is 5.47. The molecule has 0 saturated heterocycles. The third kappa shape index (κ3) is 3.97. The van der Waals surface area contributed by atoms with Gasteiger partial charge in [0.15, 0.2) is 0 Å². The number of aromatic nitrogens is 2. The van der Waals surface area contributed by atoms with E-state index in [0.717, 1.165) is 36.7 Å². The fourth-order valence-electron chi connectivity index (χ4n) is 1.59. The second kappa shape index (κ2) is 6.55. The molecule has 17 heavy (non-hydrogen) atoms. The van der Waals surface area contributed by atoms with Gasteiger partial charge < -0.3 is 10.2 Å². The average molecular weight is 236 g/mol. The predicted octanol–water partition coefficient (Wildman–Crippen LogP) is 2.17. The van der Waals surface area contributed by atoms with Crippen LogP contribution in [0.1, 0.15) is 44.6 Å². The summed E-state index contributed by atoms with van der Waals surface area (Å²) in [4.78, 5) is 11.1. The molecule has 0 aliphatic rings. The van der Waals surface area contributed by atoms with Crippen molar-refractivity contribution in [1.29, 1.82) is 0 Å². The van der Waals surface area contributed by atoms with Crippen LogP contribution in [0.3, 0.4) is 0 Å². The van der Waals surface area contributed by atoms with Gasteiger partial charge >= 0.3 is 0 Å². The third-order valence-corrected chi connectivity index (χ3v) is 2.58. The highest BCUT2D eigenvalue weighted by Crippen LogP contribution is 2.18. The van der Waals surface area contributed by atoms with E-state index in [4.69, 9.17) is 0 Å². The summed E-state index contributed by atoms with van der Waals surface area (Å²) >= 11 is 0. The summed E-state index contributed by atoms with van der Waals surface area (Å²) in [5, 5.41) is 3.40. The minimum atomic E-state index is 0.371. The molecule has 96 valence electrons. The number of nitrogens with one attached hydrogen (secondary N) is 1. The zero-order valence-corrected chi connectivity index (χ0v) is 11.6. The van der Waals surface area contributed by atoms with Gasteiger partial charge in [-0.15, -0.1) is 0 Å². The van der Waals surface area contributed by atoms with Gasteiger partial charge in [0.1, 0.15) is 5.82 Å². The molecule has 0 aliphatic heterocycles. The third-order valence-electron chi connectivity index (χ3n) is 2.58. The van der Waals surface area contributed by atoms with Crippen LogP contribution >= 0.6 is 0 Å². The molecule has 0 amide bonds. The van der Waals surface area contributed by atoms with Crippen molar-refractivity contribution in [3.63, 3.8) is 0 Å². The Kier molecular flexibility index (Phi) is 5.35. The highest BCUT2D eigenvalue weighted by Gasteiger charge is 2.10. The molecular weight excluding hydrogens is 212 g/mol. The van der Waals surface area contributed by atoms with E-state index < -0.39 is 0 Å². The minimum Gasteiger partial charge on any atom is -0.375 e. The lowest BCUT2D eigenvalue weighted by Gasteiger charge is -2.18. The Morgan fingerprint density at radius 2 is 2.06 bits per heavy atom. The largest absolute Gasteiger partial charge is 0.375 e. The molecule has 1 aromatic rings. The summed E-state index contributed by atoms with van der Waals surface area (Å²) in [5.74, 6) is 1.29. The molecule has 0 bridgehead atoms. The Morgan fingerprint density at radius 3 is 2.59 bits per heavy atom. The maximum absolute atomic E-state index is 4.65. The van der Waals surface area contributed by atoms with E-state index in [1.165, 1.54) is 0 Å². The van der Waals surface area contributed by atoms with Crippen molar-refractivity contribution < 1.29 is 0 Å². The summed E-state index contributed by atoms with van der Waals surface area (Å²) in [6.07, 6.45) is 3.06. The fraction of sp³-hybridized carbons (Fsp3) is 0.692. The molecule has 0 aromatic carbocycles. The van der Waals surface area contributed by atoms with Gasteiger partial charge in [-0.3, -0.25) is 0 Å². The summed E-state index contributed by atoms with van der Waals surface area (Å²) in [6.45, 7) is 8.23. The first kappa shape index (κ1) is 13.9. The smallest absolute Gasteiger partial charge is 0.131 e. The summed E-state index contributed by atoms with van der Waals surface area (Å²) in [7, 11) is 4.05. The van der Waals surface area contributed by atoms with Crippen LogP contribution < -0.4 is 10.2 Å². The fourth-order valence-corrected chi connectivity index (χ4v) is 1.59. The topological polar surface area (TPSA) is 41.1 Å². The first-order valence-corrected chi connectivity index (χ1v) is 6.30. The molecule has 0 saturated carbocycles.